The number of aliphatic imine (C=N–C) groups is 1. The molecule has 9 heteroatoms. The number of fused-ring (bicyclic) bond motifs is 1. The highest BCUT2D eigenvalue weighted by Gasteiger charge is 2.41. The number of carbonyl (C=O) groups excluding carboxylic acids is 2. The van der Waals surface area contributed by atoms with Gasteiger partial charge in [-0.15, -0.1) is 11.3 Å². The first-order valence-electron chi connectivity index (χ1n) is 9.48. The Morgan fingerprint density at radius 3 is 2.83 bits per heavy atom. The number of nitrogens with one attached hydrogen (secondary N) is 1. The highest BCUT2D eigenvalue weighted by Crippen LogP contribution is 2.45. The molecule has 0 bridgehead atoms. The van der Waals surface area contributed by atoms with Crippen LogP contribution in [-0.2, 0) is 14.3 Å². The van der Waals surface area contributed by atoms with E-state index >= 15 is 0 Å². The van der Waals surface area contributed by atoms with Gasteiger partial charge >= 0.3 is 5.97 Å². The Hall–Kier alpha value is -2.10. The van der Waals surface area contributed by atoms with Crippen molar-refractivity contribution in [2.24, 2.45) is 4.99 Å². The van der Waals surface area contributed by atoms with Crippen molar-refractivity contribution < 1.29 is 14.3 Å². The van der Waals surface area contributed by atoms with Crippen LogP contribution in [0.2, 0.25) is 0 Å². The number of carbonyl (C=O) groups is 2. The Labute approximate surface area is 179 Å². The summed E-state index contributed by atoms with van der Waals surface area (Å²) in [5, 5.41) is 7.67. The van der Waals surface area contributed by atoms with Gasteiger partial charge in [0, 0.05) is 23.7 Å². The Balaban J connectivity index is 1.85. The van der Waals surface area contributed by atoms with Crippen molar-refractivity contribution in [1.82, 2.24) is 15.1 Å². The van der Waals surface area contributed by atoms with Crippen LogP contribution in [0.3, 0.4) is 0 Å². The van der Waals surface area contributed by atoms with Gasteiger partial charge in [0.2, 0.25) is 5.91 Å². The molecule has 0 radical (unpaired) electrons. The zero-order valence-electron chi connectivity index (χ0n) is 17.1. The molecule has 2 aliphatic rings. The molecule has 7 nitrogen and oxygen atoms in total. The number of amides is 1. The number of thiophene rings is 1. The van der Waals surface area contributed by atoms with Crippen molar-refractivity contribution in [3.63, 3.8) is 0 Å². The summed E-state index contributed by atoms with van der Waals surface area (Å²) in [6, 6.07) is 3.63. The molecule has 2 aliphatic heterocycles. The molecule has 0 spiro atoms. The molecule has 0 aliphatic carbocycles. The number of rotatable bonds is 8. The van der Waals surface area contributed by atoms with Crippen LogP contribution in [0.25, 0.3) is 0 Å². The van der Waals surface area contributed by atoms with Gasteiger partial charge in [0.15, 0.2) is 5.17 Å². The summed E-state index contributed by atoms with van der Waals surface area (Å²) in [5.41, 5.74) is 2.02. The number of hydrogen-bond donors (Lipinski definition) is 1. The van der Waals surface area contributed by atoms with Crippen molar-refractivity contribution in [2.45, 2.75) is 26.3 Å². The van der Waals surface area contributed by atoms with Crippen molar-refractivity contribution in [3.05, 3.63) is 44.8 Å². The Kier molecular flexibility index (Phi) is 7.15. The van der Waals surface area contributed by atoms with Crippen LogP contribution in [0.4, 0.5) is 0 Å². The summed E-state index contributed by atoms with van der Waals surface area (Å²) < 4.78 is 5.32. The van der Waals surface area contributed by atoms with Crippen LogP contribution < -0.4 is 5.32 Å². The minimum absolute atomic E-state index is 0.0474. The molecule has 1 aromatic heterocycles. The van der Waals surface area contributed by atoms with Crippen molar-refractivity contribution in [2.75, 3.05) is 33.8 Å². The molecular weight excluding hydrogens is 408 g/mol. The molecule has 1 unspecified atom stereocenters. The van der Waals surface area contributed by atoms with Crippen molar-refractivity contribution in [1.29, 1.82) is 0 Å². The SMILES string of the molecule is CCOC(=O)C1=C(C)N=C2SC=C(CC(=O)NCCN(C)C)N2C1c1cccs1. The molecule has 0 saturated carbocycles. The number of hydrogen-bond acceptors (Lipinski definition) is 8. The van der Waals surface area contributed by atoms with Gasteiger partial charge in [-0.3, -0.25) is 4.79 Å². The minimum Gasteiger partial charge on any atom is -0.463 e. The summed E-state index contributed by atoms with van der Waals surface area (Å²) in [5.74, 6) is -0.410. The molecular formula is C20H26N4O3S2. The second kappa shape index (κ2) is 9.60. The predicted molar refractivity (Wildman–Crippen MR) is 118 cm³/mol. The van der Waals surface area contributed by atoms with Crippen LogP contribution >= 0.6 is 23.1 Å². The normalized spacial score (nSPS) is 18.5. The van der Waals surface area contributed by atoms with Gasteiger partial charge in [-0.05, 0) is 44.8 Å². The average Bonchev–Trinajstić information content (AvgIpc) is 3.31. The third kappa shape index (κ3) is 4.91. The van der Waals surface area contributed by atoms with Gasteiger partial charge in [-0.2, -0.15) is 0 Å². The van der Waals surface area contributed by atoms with Gasteiger partial charge in [-0.1, -0.05) is 17.8 Å². The standard InChI is InChI=1S/C20H26N4O3S2/c1-5-27-19(26)17-13(2)22-20-24(18(17)15-7-6-10-28-15)14(12-29-20)11-16(25)21-8-9-23(3)4/h6-7,10,12,18H,5,8-9,11H2,1-4H3,(H,21,25). The number of nitrogens with zero attached hydrogens (tertiary/aromatic N) is 3. The largest absolute Gasteiger partial charge is 0.463 e. The lowest BCUT2D eigenvalue weighted by Crippen LogP contribution is -2.38. The maximum Gasteiger partial charge on any atom is 0.338 e. The summed E-state index contributed by atoms with van der Waals surface area (Å²) in [6.07, 6.45) is 0.233. The first-order chi connectivity index (χ1) is 13.9. The number of likely N-dealkylation sites (N-methyl/N-ethyl adjacent to an activating group) is 1. The molecule has 0 fully saturated rings. The van der Waals surface area contributed by atoms with Crippen LogP contribution in [0, 0.1) is 0 Å². The van der Waals surface area contributed by atoms with Gasteiger partial charge in [0.25, 0.3) is 0 Å². The highest BCUT2D eigenvalue weighted by atomic mass is 32.2. The fraction of sp³-hybridized carbons (Fsp3) is 0.450. The van der Waals surface area contributed by atoms with Gasteiger partial charge in [-0.25, -0.2) is 9.79 Å². The zero-order valence-corrected chi connectivity index (χ0v) is 18.7. The maximum atomic E-state index is 12.8. The van der Waals surface area contributed by atoms with E-state index in [2.05, 4.69) is 10.3 Å². The second-order valence-electron chi connectivity index (χ2n) is 6.96. The van der Waals surface area contributed by atoms with E-state index in [1.54, 1.807) is 18.3 Å². The molecule has 3 heterocycles. The fourth-order valence-corrected chi connectivity index (χ4v) is 4.99. The number of amidine groups is 1. The van der Waals surface area contributed by atoms with E-state index in [0.29, 0.717) is 24.4 Å². The number of thioether (sulfide) groups is 1. The van der Waals surface area contributed by atoms with Crippen LogP contribution in [0.15, 0.2) is 44.9 Å². The van der Waals surface area contributed by atoms with Crippen LogP contribution in [0.5, 0.6) is 0 Å². The highest BCUT2D eigenvalue weighted by molar-refractivity contribution is 8.16. The van der Waals surface area contributed by atoms with Gasteiger partial charge in [0.05, 0.1) is 24.3 Å². The molecule has 1 aromatic rings. The summed E-state index contributed by atoms with van der Waals surface area (Å²) in [4.78, 5) is 34.9. The van der Waals surface area contributed by atoms with E-state index in [4.69, 9.17) is 4.74 Å². The Morgan fingerprint density at radius 1 is 1.38 bits per heavy atom. The third-order valence-corrected chi connectivity index (χ3v) is 6.35. The Bertz CT molecular complexity index is 859. The topological polar surface area (TPSA) is 74.2 Å². The molecule has 3 rings (SSSR count). The first kappa shape index (κ1) is 21.6. The molecule has 156 valence electrons. The lowest BCUT2D eigenvalue weighted by Gasteiger charge is -2.35. The molecule has 0 aromatic carbocycles. The monoisotopic (exact) mass is 434 g/mol. The number of esters is 1. The average molecular weight is 435 g/mol. The summed E-state index contributed by atoms with van der Waals surface area (Å²) in [7, 11) is 3.94. The van der Waals surface area contributed by atoms with Crippen LogP contribution in [-0.4, -0.2) is 60.6 Å². The van der Waals surface area contributed by atoms with Crippen molar-refractivity contribution >= 4 is 40.1 Å². The van der Waals surface area contributed by atoms with E-state index in [1.807, 2.05) is 53.7 Å². The minimum atomic E-state index is -0.363. The first-order valence-corrected chi connectivity index (χ1v) is 11.2. The molecule has 1 N–H and O–H groups in total. The second-order valence-corrected chi connectivity index (χ2v) is 8.77. The predicted octanol–water partition coefficient (Wildman–Crippen LogP) is 2.95. The molecule has 29 heavy (non-hydrogen) atoms. The van der Waals surface area contributed by atoms with Crippen LogP contribution in [0.1, 0.15) is 31.2 Å². The van der Waals surface area contributed by atoms with E-state index in [1.165, 1.54) is 11.8 Å². The third-order valence-electron chi connectivity index (χ3n) is 4.53. The molecule has 1 amide bonds. The number of allylic oxidation sites excluding steroid dienone is 1. The smallest absolute Gasteiger partial charge is 0.338 e. The van der Waals surface area contributed by atoms with E-state index in [9.17, 15) is 9.59 Å². The fourth-order valence-electron chi connectivity index (χ4n) is 3.20. The van der Waals surface area contributed by atoms with Gasteiger partial charge in [0.1, 0.15) is 6.04 Å². The van der Waals surface area contributed by atoms with E-state index < -0.39 is 0 Å². The summed E-state index contributed by atoms with van der Waals surface area (Å²) >= 11 is 3.06. The zero-order chi connectivity index (χ0) is 21.0. The number of ether oxygens (including phenoxy) is 1. The van der Waals surface area contributed by atoms with E-state index in [-0.39, 0.29) is 24.3 Å². The Morgan fingerprint density at radius 2 is 2.17 bits per heavy atom. The quantitative estimate of drug-likeness (QED) is 0.634. The summed E-state index contributed by atoms with van der Waals surface area (Å²) in [6.45, 7) is 5.30. The van der Waals surface area contributed by atoms with Crippen molar-refractivity contribution in [3.8, 4) is 0 Å². The molecule has 1 atom stereocenters. The lowest BCUT2D eigenvalue weighted by atomic mass is 9.99. The molecule has 0 saturated heterocycles. The lowest BCUT2D eigenvalue weighted by molar-refractivity contribution is -0.139. The maximum absolute atomic E-state index is 12.8. The van der Waals surface area contributed by atoms with E-state index in [0.717, 1.165) is 22.3 Å². The van der Waals surface area contributed by atoms with Gasteiger partial charge < -0.3 is 19.9 Å².